The predicted octanol–water partition coefficient (Wildman–Crippen LogP) is 5.03. The van der Waals surface area contributed by atoms with E-state index in [2.05, 4.69) is 15.8 Å². The van der Waals surface area contributed by atoms with E-state index < -0.39 is 45.6 Å². The number of nitroso groups, excluding NO2 is 1. The third-order valence-electron chi connectivity index (χ3n) is 7.46. The number of carbonyl (C=O) groups is 2. The highest BCUT2D eigenvalue weighted by Gasteiger charge is 2.37. The number of hydrogen-bond acceptors (Lipinski definition) is 8. The number of ether oxygens (including phenoxy) is 1. The predicted molar refractivity (Wildman–Crippen MR) is 181 cm³/mol. The van der Waals surface area contributed by atoms with Crippen molar-refractivity contribution >= 4 is 22.0 Å². The van der Waals surface area contributed by atoms with Crippen LogP contribution in [-0.4, -0.2) is 61.1 Å². The van der Waals surface area contributed by atoms with Gasteiger partial charge in [-0.1, -0.05) is 113 Å². The van der Waals surface area contributed by atoms with Crippen molar-refractivity contribution in [3.63, 3.8) is 0 Å². The lowest BCUT2D eigenvalue weighted by molar-refractivity contribution is -0.127. The molecule has 47 heavy (non-hydrogen) atoms. The fourth-order valence-corrected chi connectivity index (χ4v) is 6.60. The fourth-order valence-electron chi connectivity index (χ4n) is 4.98. The summed E-state index contributed by atoms with van der Waals surface area (Å²) in [5.74, 6) is -0.624. The Morgan fingerprint density at radius 3 is 1.96 bits per heavy atom. The average Bonchev–Trinajstić information content (AvgIpc) is 3.02. The second kappa shape index (κ2) is 17.1. The maximum atomic E-state index is 13.8. The number of nitrogens with zero attached hydrogens (tertiary/aromatic N) is 2. The number of amides is 2. The summed E-state index contributed by atoms with van der Waals surface area (Å²) in [6.07, 6.45) is -1.89. The molecule has 3 aromatic carbocycles. The first-order valence-corrected chi connectivity index (χ1v) is 17.0. The highest BCUT2D eigenvalue weighted by molar-refractivity contribution is 7.89. The van der Waals surface area contributed by atoms with Crippen molar-refractivity contribution in [3.05, 3.63) is 107 Å². The number of hydrogen-bond donors (Lipinski definition) is 3. The van der Waals surface area contributed by atoms with Gasteiger partial charge in [-0.25, -0.2) is 13.2 Å². The van der Waals surface area contributed by atoms with Gasteiger partial charge in [0.05, 0.1) is 17.0 Å². The van der Waals surface area contributed by atoms with Crippen molar-refractivity contribution in [3.8, 4) is 0 Å². The maximum absolute atomic E-state index is 13.8. The fraction of sp³-hybridized carbons (Fsp3) is 0.429. The van der Waals surface area contributed by atoms with Crippen LogP contribution in [0, 0.1) is 16.2 Å². The molecule has 0 unspecified atom stereocenters. The number of aliphatic hydroxyl groups is 1. The van der Waals surface area contributed by atoms with E-state index in [0.717, 1.165) is 11.1 Å². The van der Waals surface area contributed by atoms with Crippen LogP contribution < -0.4 is 10.6 Å². The normalized spacial score (nSPS) is 13.9. The molecule has 0 bridgehead atoms. The zero-order valence-corrected chi connectivity index (χ0v) is 28.4. The molecule has 0 saturated carbocycles. The van der Waals surface area contributed by atoms with E-state index in [1.165, 1.54) is 28.6 Å². The molecule has 0 saturated heterocycles. The van der Waals surface area contributed by atoms with Crippen LogP contribution >= 0.6 is 0 Å². The monoisotopic (exact) mass is 666 g/mol. The van der Waals surface area contributed by atoms with Crippen molar-refractivity contribution in [2.45, 2.75) is 77.3 Å². The Morgan fingerprint density at radius 2 is 1.43 bits per heavy atom. The Labute approximate surface area is 277 Å². The molecule has 0 heterocycles. The number of nitrogens with one attached hydrogen (secondary N) is 2. The first-order valence-electron chi connectivity index (χ1n) is 15.6. The minimum atomic E-state index is -4.06. The van der Waals surface area contributed by atoms with Gasteiger partial charge in [0, 0.05) is 13.1 Å². The zero-order valence-electron chi connectivity index (χ0n) is 27.6. The van der Waals surface area contributed by atoms with Crippen LogP contribution in [-0.2, 0) is 39.1 Å². The number of carbonyl (C=O) groups excluding carboxylic acids is 2. The van der Waals surface area contributed by atoms with E-state index in [9.17, 15) is 28.0 Å². The van der Waals surface area contributed by atoms with Crippen LogP contribution in [0.1, 0.15) is 51.3 Å². The SMILES string of the molecule is CC(C)CN(C[C@@H](O)[C@H](Cc1ccccc1)NC(=O)[C@@H](NC(=O)OCc1ccccc1)C(C)(C)C)S(=O)(=O)c1ccc(CN=O)cc1. The standard InChI is InChI=1S/C35H46N4O7S/c1-25(2)22-39(47(44,45)29-18-16-27(17-19-29)21-36-43)23-31(40)30(20-26-12-8-6-9-13-26)37-33(41)32(35(3,4)5)38-34(42)46-24-28-14-10-7-11-15-28/h6-19,25,30-32,40H,20-24H2,1-5H3,(H,37,41)(H,38,42)/t30-,31+,32+/m0/s1. The van der Waals surface area contributed by atoms with Crippen LogP contribution in [0.5, 0.6) is 0 Å². The second-order valence-corrected chi connectivity index (χ2v) is 15.0. The Morgan fingerprint density at radius 1 is 0.851 bits per heavy atom. The van der Waals surface area contributed by atoms with Gasteiger partial charge in [-0.2, -0.15) is 9.21 Å². The number of benzene rings is 3. The lowest BCUT2D eigenvalue weighted by Crippen LogP contribution is -2.58. The molecule has 0 aliphatic carbocycles. The largest absolute Gasteiger partial charge is 0.445 e. The number of sulfonamides is 1. The van der Waals surface area contributed by atoms with E-state index in [1.807, 2.05) is 74.5 Å². The Bertz CT molecular complexity index is 1540. The minimum Gasteiger partial charge on any atom is -0.445 e. The van der Waals surface area contributed by atoms with Gasteiger partial charge in [0.15, 0.2) is 0 Å². The third kappa shape index (κ3) is 11.6. The topological polar surface area (TPSA) is 154 Å². The molecule has 254 valence electrons. The van der Waals surface area contributed by atoms with E-state index in [0.29, 0.717) is 5.56 Å². The van der Waals surface area contributed by atoms with Crippen LogP contribution in [0.2, 0.25) is 0 Å². The Hall–Kier alpha value is -4.13. The van der Waals surface area contributed by atoms with Crippen LogP contribution in [0.3, 0.4) is 0 Å². The zero-order chi connectivity index (χ0) is 34.6. The lowest BCUT2D eigenvalue weighted by Gasteiger charge is -2.34. The van der Waals surface area contributed by atoms with Gasteiger partial charge in [0.2, 0.25) is 15.9 Å². The summed E-state index contributed by atoms with van der Waals surface area (Å²) in [5, 5.41) is 20.0. The van der Waals surface area contributed by atoms with Crippen LogP contribution in [0.15, 0.2) is 95.0 Å². The molecular formula is C35H46N4O7S. The third-order valence-corrected chi connectivity index (χ3v) is 9.31. The average molecular weight is 667 g/mol. The van der Waals surface area contributed by atoms with Crippen molar-refractivity contribution < 1.29 is 27.9 Å². The summed E-state index contributed by atoms with van der Waals surface area (Å²) in [6, 6.07) is 22.3. The van der Waals surface area contributed by atoms with Gasteiger partial charge in [0.1, 0.15) is 19.2 Å². The van der Waals surface area contributed by atoms with Crippen molar-refractivity contribution in [2.24, 2.45) is 16.5 Å². The molecule has 3 N–H and O–H groups in total. The Balaban J connectivity index is 1.85. The first-order chi connectivity index (χ1) is 22.2. The van der Waals surface area contributed by atoms with Gasteiger partial charge in [-0.3, -0.25) is 4.79 Å². The molecule has 0 aliphatic rings. The number of alkyl carbamates (subject to hydrolysis) is 1. The molecule has 0 aromatic heterocycles. The molecule has 3 rings (SSSR count). The van der Waals surface area contributed by atoms with Gasteiger partial charge in [-0.05, 0) is 46.6 Å². The van der Waals surface area contributed by atoms with E-state index in [4.69, 9.17) is 4.74 Å². The molecule has 0 radical (unpaired) electrons. The van der Waals surface area contributed by atoms with Gasteiger partial charge in [-0.15, -0.1) is 0 Å². The van der Waals surface area contributed by atoms with E-state index in [1.54, 1.807) is 20.8 Å². The van der Waals surface area contributed by atoms with Crippen molar-refractivity contribution in [1.82, 2.24) is 14.9 Å². The summed E-state index contributed by atoms with van der Waals surface area (Å²) in [5.41, 5.74) is 1.44. The maximum Gasteiger partial charge on any atom is 0.408 e. The van der Waals surface area contributed by atoms with Crippen molar-refractivity contribution in [1.29, 1.82) is 0 Å². The smallest absolute Gasteiger partial charge is 0.408 e. The highest BCUT2D eigenvalue weighted by atomic mass is 32.2. The Kier molecular flexibility index (Phi) is 13.6. The van der Waals surface area contributed by atoms with Gasteiger partial charge >= 0.3 is 6.09 Å². The molecule has 2 amide bonds. The quantitative estimate of drug-likeness (QED) is 0.181. The second-order valence-electron chi connectivity index (χ2n) is 13.0. The first kappa shape index (κ1) is 37.3. The lowest BCUT2D eigenvalue weighted by atomic mass is 9.85. The van der Waals surface area contributed by atoms with Crippen LogP contribution in [0.4, 0.5) is 4.79 Å². The summed E-state index contributed by atoms with van der Waals surface area (Å²) in [4.78, 5) is 37.3. The minimum absolute atomic E-state index is 0.00894. The molecule has 11 nitrogen and oxygen atoms in total. The van der Waals surface area contributed by atoms with Crippen molar-refractivity contribution in [2.75, 3.05) is 13.1 Å². The molecular weight excluding hydrogens is 620 g/mol. The summed E-state index contributed by atoms with van der Waals surface area (Å²) >= 11 is 0. The molecule has 0 aliphatic heterocycles. The summed E-state index contributed by atoms with van der Waals surface area (Å²) in [7, 11) is -4.06. The number of rotatable bonds is 16. The summed E-state index contributed by atoms with van der Waals surface area (Å²) < 4.78 is 34.1. The van der Waals surface area contributed by atoms with Gasteiger partial charge in [0.25, 0.3) is 0 Å². The van der Waals surface area contributed by atoms with Crippen LogP contribution in [0.25, 0.3) is 0 Å². The molecule has 12 heteroatoms. The number of aliphatic hydroxyl groups excluding tert-OH is 1. The summed E-state index contributed by atoms with van der Waals surface area (Å²) in [6.45, 7) is 8.88. The molecule has 0 fully saturated rings. The van der Waals surface area contributed by atoms with Gasteiger partial charge < -0.3 is 20.5 Å². The molecule has 3 atom stereocenters. The van der Waals surface area contributed by atoms with E-state index in [-0.39, 0.29) is 43.5 Å². The molecule has 3 aromatic rings. The van der Waals surface area contributed by atoms with E-state index >= 15 is 0 Å². The highest BCUT2D eigenvalue weighted by Crippen LogP contribution is 2.22. The molecule has 0 spiro atoms.